The van der Waals surface area contributed by atoms with Gasteiger partial charge in [-0.25, -0.2) is 4.79 Å². The molecule has 1 saturated carbocycles. The van der Waals surface area contributed by atoms with Gasteiger partial charge in [-0.05, 0) is 55.6 Å². The van der Waals surface area contributed by atoms with Crippen LogP contribution in [-0.2, 0) is 10.3 Å². The predicted octanol–water partition coefficient (Wildman–Crippen LogP) is 4.38. The number of nitrogens with zero attached hydrogens (tertiary/aromatic N) is 2. The zero-order valence-corrected chi connectivity index (χ0v) is 16.8. The second-order valence-electron chi connectivity index (χ2n) is 8.42. The maximum Gasteiger partial charge on any atom is 0.410 e. The Morgan fingerprint density at radius 1 is 1.32 bits per heavy atom. The van der Waals surface area contributed by atoms with Crippen LogP contribution in [0.3, 0.4) is 0 Å². The lowest BCUT2D eigenvalue weighted by Crippen LogP contribution is -2.50. The van der Waals surface area contributed by atoms with Gasteiger partial charge in [-0.2, -0.15) is 0 Å². The third kappa shape index (κ3) is 3.70. The summed E-state index contributed by atoms with van der Waals surface area (Å²) in [5.74, 6) is 0. The molecule has 6 heteroatoms. The molecule has 1 spiro atoms. The number of hydrogen-bond donors (Lipinski definition) is 1. The predicted molar refractivity (Wildman–Crippen MR) is 99.2 cm³/mol. The van der Waals surface area contributed by atoms with Gasteiger partial charge in [0.1, 0.15) is 11.2 Å². The molecule has 2 aliphatic rings. The van der Waals surface area contributed by atoms with Crippen molar-refractivity contribution in [1.82, 2.24) is 9.88 Å². The van der Waals surface area contributed by atoms with E-state index in [9.17, 15) is 9.90 Å². The van der Waals surface area contributed by atoms with Gasteiger partial charge in [-0.1, -0.05) is 19.3 Å². The number of carbonyl (C=O) groups excluding carboxylic acids is 1. The molecule has 0 radical (unpaired) electrons. The molecule has 2 fully saturated rings. The van der Waals surface area contributed by atoms with Crippen LogP contribution in [0.2, 0.25) is 0 Å². The second kappa shape index (κ2) is 6.54. The molecule has 3 rings (SSSR count). The molecular formula is C19H27BrN2O3. The van der Waals surface area contributed by atoms with Crippen LogP contribution in [0.4, 0.5) is 4.79 Å². The summed E-state index contributed by atoms with van der Waals surface area (Å²) in [6.07, 6.45) is 8.76. The van der Waals surface area contributed by atoms with E-state index in [2.05, 4.69) is 20.9 Å². The highest BCUT2D eigenvalue weighted by molar-refractivity contribution is 9.10. The Kier molecular flexibility index (Phi) is 4.88. The first-order valence-corrected chi connectivity index (χ1v) is 9.78. The molecule has 1 aliphatic heterocycles. The molecule has 25 heavy (non-hydrogen) atoms. The fraction of sp³-hybridized carbons (Fsp3) is 0.684. The monoisotopic (exact) mass is 410 g/mol. The highest BCUT2D eigenvalue weighted by Gasteiger charge is 2.56. The van der Waals surface area contributed by atoms with Crippen LogP contribution in [0.25, 0.3) is 0 Å². The lowest BCUT2D eigenvalue weighted by Gasteiger charge is -2.41. The summed E-state index contributed by atoms with van der Waals surface area (Å²) in [4.78, 5) is 18.8. The lowest BCUT2D eigenvalue weighted by atomic mass is 9.76. The Hall–Kier alpha value is -1.14. The van der Waals surface area contributed by atoms with Crippen molar-refractivity contribution in [1.29, 1.82) is 0 Å². The summed E-state index contributed by atoms with van der Waals surface area (Å²) < 4.78 is 6.43. The van der Waals surface area contributed by atoms with Gasteiger partial charge in [-0.15, -0.1) is 0 Å². The minimum absolute atomic E-state index is 0.254. The van der Waals surface area contributed by atoms with E-state index in [1.54, 1.807) is 17.3 Å². The van der Waals surface area contributed by atoms with Crippen LogP contribution in [0.1, 0.15) is 64.9 Å². The van der Waals surface area contributed by atoms with Gasteiger partial charge in [0.15, 0.2) is 0 Å². The zero-order chi connectivity index (χ0) is 18.3. The standard InChI is InChI=1S/C19H27BrN2O3/c1-17(2,3)25-16(23)22-13-19(24,14-7-10-21-11-15(14)20)12-18(22)8-5-4-6-9-18/h7,10-11,24H,4-6,8-9,12-13H2,1-3H3. The van der Waals surface area contributed by atoms with E-state index >= 15 is 0 Å². The number of hydrogen-bond acceptors (Lipinski definition) is 4. The molecule has 1 aromatic heterocycles. The Balaban J connectivity index is 1.96. The number of aliphatic hydroxyl groups is 1. The summed E-state index contributed by atoms with van der Waals surface area (Å²) in [5, 5.41) is 11.5. The smallest absolute Gasteiger partial charge is 0.410 e. The molecule has 0 aromatic carbocycles. The zero-order valence-electron chi connectivity index (χ0n) is 15.2. The van der Waals surface area contributed by atoms with Gasteiger partial charge in [0.2, 0.25) is 0 Å². The van der Waals surface area contributed by atoms with E-state index in [0.29, 0.717) is 6.42 Å². The SMILES string of the molecule is CC(C)(C)OC(=O)N1CC(O)(c2ccncc2Br)CC12CCCCC2. The molecule has 1 amide bonds. The molecule has 5 nitrogen and oxygen atoms in total. The third-order valence-electron chi connectivity index (χ3n) is 5.29. The normalized spacial score (nSPS) is 26.0. The highest BCUT2D eigenvalue weighted by Crippen LogP contribution is 2.50. The van der Waals surface area contributed by atoms with Crippen molar-refractivity contribution in [3.63, 3.8) is 0 Å². The molecule has 1 saturated heterocycles. The summed E-state index contributed by atoms with van der Waals surface area (Å²) in [7, 11) is 0. The molecular weight excluding hydrogens is 384 g/mol. The van der Waals surface area contributed by atoms with Gasteiger partial charge in [0.25, 0.3) is 0 Å². The molecule has 1 atom stereocenters. The minimum atomic E-state index is -1.09. The first-order valence-electron chi connectivity index (χ1n) is 8.98. The topological polar surface area (TPSA) is 62.7 Å². The Bertz CT molecular complexity index is 652. The number of ether oxygens (including phenoxy) is 1. The number of amides is 1. The molecule has 1 unspecified atom stereocenters. The van der Waals surface area contributed by atoms with E-state index in [1.807, 2.05) is 26.8 Å². The summed E-state index contributed by atoms with van der Waals surface area (Å²) in [6, 6.07) is 1.83. The number of halogens is 1. The van der Waals surface area contributed by atoms with Crippen molar-refractivity contribution < 1.29 is 14.6 Å². The van der Waals surface area contributed by atoms with Crippen LogP contribution >= 0.6 is 15.9 Å². The minimum Gasteiger partial charge on any atom is -0.444 e. The number of likely N-dealkylation sites (tertiary alicyclic amines) is 1. The van der Waals surface area contributed by atoms with E-state index in [-0.39, 0.29) is 18.2 Å². The van der Waals surface area contributed by atoms with E-state index in [1.165, 1.54) is 6.42 Å². The average Bonchev–Trinajstić information content (AvgIpc) is 2.80. The van der Waals surface area contributed by atoms with Crippen molar-refractivity contribution in [2.24, 2.45) is 0 Å². The fourth-order valence-corrected chi connectivity index (χ4v) is 4.91. The van der Waals surface area contributed by atoms with Gasteiger partial charge in [-0.3, -0.25) is 9.88 Å². The largest absolute Gasteiger partial charge is 0.444 e. The quantitative estimate of drug-likeness (QED) is 0.745. The summed E-state index contributed by atoms with van der Waals surface area (Å²) in [6.45, 7) is 5.88. The maximum absolute atomic E-state index is 12.9. The molecule has 1 aromatic rings. The maximum atomic E-state index is 12.9. The number of rotatable bonds is 1. The Morgan fingerprint density at radius 2 is 2.00 bits per heavy atom. The molecule has 0 bridgehead atoms. The first kappa shape index (κ1) is 18.6. The van der Waals surface area contributed by atoms with Gasteiger partial charge >= 0.3 is 6.09 Å². The number of pyridine rings is 1. The van der Waals surface area contributed by atoms with Gasteiger partial charge in [0, 0.05) is 34.4 Å². The van der Waals surface area contributed by atoms with Gasteiger partial charge in [0.05, 0.1) is 6.54 Å². The van der Waals surface area contributed by atoms with Crippen LogP contribution in [0.5, 0.6) is 0 Å². The van der Waals surface area contributed by atoms with Crippen molar-refractivity contribution in [2.45, 2.75) is 76.0 Å². The van der Waals surface area contributed by atoms with Crippen molar-refractivity contribution in [3.8, 4) is 0 Å². The average molecular weight is 411 g/mol. The van der Waals surface area contributed by atoms with Crippen molar-refractivity contribution >= 4 is 22.0 Å². The lowest BCUT2D eigenvalue weighted by molar-refractivity contribution is -0.00175. The number of carbonyl (C=O) groups is 1. The van der Waals surface area contributed by atoms with Crippen molar-refractivity contribution in [2.75, 3.05) is 6.54 Å². The summed E-state index contributed by atoms with van der Waals surface area (Å²) in [5.41, 5.74) is -1.17. The molecule has 1 N–H and O–H groups in total. The highest BCUT2D eigenvalue weighted by atomic mass is 79.9. The van der Waals surface area contributed by atoms with Gasteiger partial charge < -0.3 is 9.84 Å². The molecule has 1 aliphatic carbocycles. The van der Waals surface area contributed by atoms with Crippen LogP contribution in [-0.4, -0.2) is 38.8 Å². The van der Waals surface area contributed by atoms with Crippen LogP contribution in [0, 0.1) is 0 Å². The third-order valence-corrected chi connectivity index (χ3v) is 5.92. The Labute approximate surface area is 157 Å². The fourth-order valence-electron chi connectivity index (χ4n) is 4.29. The van der Waals surface area contributed by atoms with Crippen LogP contribution in [0.15, 0.2) is 22.9 Å². The van der Waals surface area contributed by atoms with E-state index in [4.69, 9.17) is 4.74 Å². The Morgan fingerprint density at radius 3 is 2.60 bits per heavy atom. The number of β-amino-alcohol motifs (C(OH)–C–C–N with tert-alkyl or cyclic N) is 1. The second-order valence-corrected chi connectivity index (χ2v) is 9.27. The first-order chi connectivity index (χ1) is 11.7. The molecule has 2 heterocycles. The molecule has 138 valence electrons. The van der Waals surface area contributed by atoms with Crippen molar-refractivity contribution in [3.05, 3.63) is 28.5 Å². The summed E-state index contributed by atoms with van der Waals surface area (Å²) >= 11 is 3.50. The van der Waals surface area contributed by atoms with E-state index in [0.717, 1.165) is 35.7 Å². The number of aromatic nitrogens is 1. The van der Waals surface area contributed by atoms with E-state index < -0.39 is 11.2 Å². The van der Waals surface area contributed by atoms with Crippen LogP contribution < -0.4 is 0 Å².